The fourth-order valence-corrected chi connectivity index (χ4v) is 4.53. The molecule has 2 fully saturated rings. The Morgan fingerprint density at radius 3 is 2.75 bits per heavy atom. The van der Waals surface area contributed by atoms with E-state index in [2.05, 4.69) is 17.9 Å². The summed E-state index contributed by atoms with van der Waals surface area (Å²) in [6.07, 6.45) is 6.53. The van der Waals surface area contributed by atoms with Crippen molar-refractivity contribution in [2.75, 3.05) is 0 Å². The first-order valence-electron chi connectivity index (χ1n) is 10.2. The Hall–Kier alpha value is -2.09. The summed E-state index contributed by atoms with van der Waals surface area (Å²) in [5.74, 6) is 6.19. The molecular weight excluding hydrogens is 352 g/mol. The number of aliphatic carboxylic acids is 1. The third-order valence-corrected chi connectivity index (χ3v) is 6.01. The summed E-state index contributed by atoms with van der Waals surface area (Å²) in [7, 11) is 0. The van der Waals surface area contributed by atoms with Crippen molar-refractivity contribution in [3.63, 3.8) is 0 Å². The van der Waals surface area contributed by atoms with Gasteiger partial charge in [-0.3, -0.25) is 4.79 Å². The van der Waals surface area contributed by atoms with Crippen LogP contribution in [-0.4, -0.2) is 33.0 Å². The van der Waals surface area contributed by atoms with Gasteiger partial charge in [-0.25, -0.2) is 0 Å². The Morgan fingerprint density at radius 1 is 1.29 bits per heavy atom. The molecule has 0 radical (unpaired) electrons. The second-order valence-electron chi connectivity index (χ2n) is 8.42. The molecule has 2 aliphatic rings. The van der Waals surface area contributed by atoms with E-state index < -0.39 is 17.7 Å². The van der Waals surface area contributed by atoms with E-state index in [4.69, 9.17) is 5.11 Å². The highest BCUT2D eigenvalue weighted by Gasteiger charge is 2.46. The van der Waals surface area contributed by atoms with Crippen LogP contribution in [0.4, 0.5) is 0 Å². The lowest BCUT2D eigenvalue weighted by molar-refractivity contribution is -0.137. The number of aliphatic hydroxyl groups excluding tert-OH is 1. The van der Waals surface area contributed by atoms with Gasteiger partial charge in [0.25, 0.3) is 0 Å². The molecule has 2 aliphatic carbocycles. The lowest BCUT2D eigenvalue weighted by Crippen LogP contribution is -2.44. The van der Waals surface area contributed by atoms with Gasteiger partial charge in [-0.15, -0.1) is 0 Å². The number of rotatable bonds is 6. The first kappa shape index (κ1) is 20.6. The third-order valence-electron chi connectivity index (χ3n) is 6.01. The lowest BCUT2D eigenvalue weighted by Gasteiger charge is -2.48. The Labute approximate surface area is 167 Å². The van der Waals surface area contributed by atoms with Crippen molar-refractivity contribution in [3.05, 3.63) is 47.5 Å². The molecule has 1 aromatic rings. The van der Waals surface area contributed by atoms with Crippen molar-refractivity contribution in [1.29, 1.82) is 0 Å². The summed E-state index contributed by atoms with van der Waals surface area (Å²) >= 11 is 0. The van der Waals surface area contributed by atoms with Gasteiger partial charge in [-0.2, -0.15) is 0 Å². The number of fused-ring (bicyclic) bond motifs is 1. The van der Waals surface area contributed by atoms with Crippen LogP contribution in [0.15, 0.2) is 42.0 Å². The molecule has 4 nitrogen and oxygen atoms in total. The number of hydrogen-bond donors (Lipinski definition) is 3. The van der Waals surface area contributed by atoms with Crippen LogP contribution in [0.3, 0.4) is 0 Å². The molecule has 28 heavy (non-hydrogen) atoms. The fraction of sp³-hybridized carbons (Fsp3) is 0.542. The Morgan fingerprint density at radius 2 is 2.04 bits per heavy atom. The van der Waals surface area contributed by atoms with Crippen LogP contribution in [0.5, 0.6) is 0 Å². The van der Waals surface area contributed by atoms with Crippen LogP contribution >= 0.6 is 0 Å². The molecule has 0 bridgehead atoms. The van der Waals surface area contributed by atoms with Crippen LogP contribution in [0.1, 0.15) is 51.0 Å². The minimum Gasteiger partial charge on any atom is -0.481 e. The summed E-state index contributed by atoms with van der Waals surface area (Å²) in [5, 5.41) is 29.9. The minimum atomic E-state index is -1.12. The number of unbranched alkanes of at least 4 members (excludes halogenated alkanes) is 1. The summed E-state index contributed by atoms with van der Waals surface area (Å²) in [6, 6.07) is 9.82. The van der Waals surface area contributed by atoms with Crippen LogP contribution in [0, 0.1) is 29.6 Å². The van der Waals surface area contributed by atoms with E-state index in [0.717, 1.165) is 31.2 Å². The number of carboxylic acids is 1. The third kappa shape index (κ3) is 5.25. The first-order valence-corrected chi connectivity index (χ1v) is 10.2. The molecule has 0 saturated heterocycles. The van der Waals surface area contributed by atoms with Gasteiger partial charge in [0.15, 0.2) is 0 Å². The van der Waals surface area contributed by atoms with Gasteiger partial charge in [-0.05, 0) is 56.4 Å². The number of carboxylic acid groups (broad SMARTS) is 1. The Balaban J connectivity index is 1.61. The average Bonchev–Trinajstić information content (AvgIpc) is 2.62. The predicted molar refractivity (Wildman–Crippen MR) is 108 cm³/mol. The van der Waals surface area contributed by atoms with Crippen LogP contribution in [-0.2, 0) is 11.2 Å². The smallest absolute Gasteiger partial charge is 0.303 e. The molecule has 3 rings (SSSR count). The summed E-state index contributed by atoms with van der Waals surface area (Å²) in [4.78, 5) is 10.6. The maximum Gasteiger partial charge on any atom is 0.303 e. The molecule has 0 heterocycles. The molecule has 5 atom stereocenters. The van der Waals surface area contributed by atoms with Gasteiger partial charge < -0.3 is 15.3 Å². The SMILES string of the molecule is CC(O)(C#C[C@@H]1[C@H]2CC(=CCCCC(=O)O)[C@H]2CC[C@H]1O)Cc1ccccc1. The predicted octanol–water partition coefficient (Wildman–Crippen LogP) is 3.57. The zero-order chi connectivity index (χ0) is 20.1. The Kier molecular flexibility index (Phi) is 6.59. The summed E-state index contributed by atoms with van der Waals surface area (Å²) in [5.41, 5.74) is 1.32. The van der Waals surface area contributed by atoms with Crippen molar-refractivity contribution in [2.24, 2.45) is 17.8 Å². The molecule has 2 saturated carbocycles. The Bertz CT molecular complexity index is 769. The van der Waals surface area contributed by atoms with E-state index in [1.807, 2.05) is 30.3 Å². The number of allylic oxidation sites excluding steroid dienone is 2. The molecule has 4 heteroatoms. The largest absolute Gasteiger partial charge is 0.481 e. The molecule has 0 spiro atoms. The molecule has 3 N–H and O–H groups in total. The minimum absolute atomic E-state index is 0.0998. The van der Waals surface area contributed by atoms with E-state index in [0.29, 0.717) is 24.7 Å². The van der Waals surface area contributed by atoms with Gasteiger partial charge >= 0.3 is 5.97 Å². The highest BCUT2D eigenvalue weighted by molar-refractivity contribution is 5.66. The molecule has 1 aromatic carbocycles. The molecule has 0 amide bonds. The quantitative estimate of drug-likeness (QED) is 0.399. The van der Waals surface area contributed by atoms with Gasteiger partial charge in [0, 0.05) is 12.8 Å². The molecular formula is C24H30O4. The maximum atomic E-state index is 10.7. The zero-order valence-electron chi connectivity index (χ0n) is 16.5. The van der Waals surface area contributed by atoms with Crippen LogP contribution in [0.2, 0.25) is 0 Å². The van der Waals surface area contributed by atoms with Crippen LogP contribution in [0.25, 0.3) is 0 Å². The van der Waals surface area contributed by atoms with Crippen LogP contribution < -0.4 is 0 Å². The summed E-state index contributed by atoms with van der Waals surface area (Å²) in [6.45, 7) is 1.73. The van der Waals surface area contributed by atoms with Gasteiger partial charge in [0.05, 0.1) is 12.0 Å². The topological polar surface area (TPSA) is 77.8 Å². The first-order chi connectivity index (χ1) is 13.4. The van der Waals surface area contributed by atoms with E-state index in [9.17, 15) is 15.0 Å². The van der Waals surface area contributed by atoms with Crippen molar-refractivity contribution in [2.45, 2.75) is 63.6 Å². The van der Waals surface area contributed by atoms with Crippen molar-refractivity contribution >= 4 is 5.97 Å². The van der Waals surface area contributed by atoms with Gasteiger partial charge in [-0.1, -0.05) is 53.8 Å². The standard InChI is InChI=1S/C24H30O4/c1-24(28,16-17-7-3-2-4-8-17)14-13-20-21-15-18(9-5-6-10-23(26)27)19(21)11-12-22(20)25/h2-4,7-9,19-22,25,28H,5-6,10-12,15-16H2,1H3,(H,26,27)/t19-,20-,21+,22-,24?/m1/s1. The number of aliphatic hydroxyl groups is 2. The van der Waals surface area contributed by atoms with E-state index in [-0.39, 0.29) is 12.3 Å². The van der Waals surface area contributed by atoms with Gasteiger partial charge in [0.2, 0.25) is 0 Å². The molecule has 0 aromatic heterocycles. The van der Waals surface area contributed by atoms with Crippen molar-refractivity contribution < 1.29 is 20.1 Å². The van der Waals surface area contributed by atoms with Crippen molar-refractivity contribution in [1.82, 2.24) is 0 Å². The number of hydrogen-bond acceptors (Lipinski definition) is 3. The highest BCUT2D eigenvalue weighted by atomic mass is 16.4. The number of carbonyl (C=O) groups is 1. The second kappa shape index (κ2) is 8.94. The monoisotopic (exact) mass is 382 g/mol. The normalized spacial score (nSPS) is 29.8. The average molecular weight is 383 g/mol. The number of benzene rings is 1. The van der Waals surface area contributed by atoms with Crippen molar-refractivity contribution in [3.8, 4) is 11.8 Å². The van der Waals surface area contributed by atoms with Gasteiger partial charge in [0.1, 0.15) is 5.60 Å². The fourth-order valence-electron chi connectivity index (χ4n) is 4.53. The zero-order valence-corrected chi connectivity index (χ0v) is 16.5. The van der Waals surface area contributed by atoms with E-state index in [1.54, 1.807) is 6.92 Å². The lowest BCUT2D eigenvalue weighted by atomic mass is 9.57. The molecule has 0 aliphatic heterocycles. The second-order valence-corrected chi connectivity index (χ2v) is 8.42. The van der Waals surface area contributed by atoms with E-state index >= 15 is 0 Å². The highest BCUT2D eigenvalue weighted by Crippen LogP contribution is 2.51. The molecule has 1 unspecified atom stereocenters. The molecule has 150 valence electrons. The maximum absolute atomic E-state index is 10.7. The van der Waals surface area contributed by atoms with E-state index in [1.165, 1.54) is 5.57 Å². The summed E-state index contributed by atoms with van der Waals surface area (Å²) < 4.78 is 0.